The van der Waals surface area contributed by atoms with Crippen LogP contribution in [0.3, 0.4) is 0 Å². The highest BCUT2D eigenvalue weighted by Gasteiger charge is 2.30. The lowest BCUT2D eigenvalue weighted by Gasteiger charge is -2.24. The first kappa shape index (κ1) is 31.7. The SMILES string of the molecule is C[C@H](NC(=O)CNC(=O)[C@@H](N)Cc1ccc(O)cc1)C(=O)N[C@@H](Cc1ccccc1)C(=O)N[C@H](C(=O)O)[C@@H](C)O. The fourth-order valence-electron chi connectivity index (χ4n) is 3.63. The van der Waals surface area contributed by atoms with Gasteiger partial charge in [0.25, 0.3) is 0 Å². The highest BCUT2D eigenvalue weighted by molar-refractivity contribution is 5.94. The molecule has 2 aromatic rings. The fourth-order valence-corrected chi connectivity index (χ4v) is 3.63. The van der Waals surface area contributed by atoms with Crippen molar-refractivity contribution in [2.24, 2.45) is 5.73 Å². The monoisotopic (exact) mass is 557 g/mol. The van der Waals surface area contributed by atoms with Crippen molar-refractivity contribution in [3.8, 4) is 5.75 Å². The maximum absolute atomic E-state index is 12.9. The highest BCUT2D eigenvalue weighted by Crippen LogP contribution is 2.11. The molecule has 40 heavy (non-hydrogen) atoms. The van der Waals surface area contributed by atoms with Gasteiger partial charge in [-0.05, 0) is 43.5 Å². The van der Waals surface area contributed by atoms with Crippen LogP contribution in [0.1, 0.15) is 25.0 Å². The van der Waals surface area contributed by atoms with E-state index in [0.29, 0.717) is 11.1 Å². The van der Waals surface area contributed by atoms with Gasteiger partial charge in [-0.25, -0.2) is 4.79 Å². The Morgan fingerprint density at radius 2 is 1.40 bits per heavy atom. The first-order chi connectivity index (χ1) is 18.9. The van der Waals surface area contributed by atoms with Gasteiger partial charge in [0, 0.05) is 6.42 Å². The molecule has 0 radical (unpaired) electrons. The number of hydrogen-bond acceptors (Lipinski definition) is 8. The van der Waals surface area contributed by atoms with Gasteiger partial charge in [0.2, 0.25) is 23.6 Å². The van der Waals surface area contributed by atoms with Crippen LogP contribution in [0, 0.1) is 0 Å². The van der Waals surface area contributed by atoms with E-state index >= 15 is 0 Å². The van der Waals surface area contributed by atoms with Crippen LogP contribution in [0.4, 0.5) is 0 Å². The van der Waals surface area contributed by atoms with Gasteiger partial charge in [-0.3, -0.25) is 19.2 Å². The maximum atomic E-state index is 12.9. The van der Waals surface area contributed by atoms with Gasteiger partial charge < -0.3 is 42.3 Å². The minimum Gasteiger partial charge on any atom is -0.508 e. The Labute approximate surface area is 231 Å². The third-order valence-electron chi connectivity index (χ3n) is 5.88. The number of benzene rings is 2. The number of nitrogens with two attached hydrogens (primary N) is 1. The Hall–Kier alpha value is -4.49. The van der Waals surface area contributed by atoms with E-state index in [9.17, 15) is 39.3 Å². The smallest absolute Gasteiger partial charge is 0.328 e. The molecule has 0 aromatic heterocycles. The van der Waals surface area contributed by atoms with Gasteiger partial charge in [-0.15, -0.1) is 0 Å². The minimum absolute atomic E-state index is 0.0141. The third kappa shape index (κ3) is 10.3. The molecule has 4 amide bonds. The topological polar surface area (TPSA) is 220 Å². The first-order valence-corrected chi connectivity index (χ1v) is 12.5. The van der Waals surface area contributed by atoms with Gasteiger partial charge in [-0.1, -0.05) is 42.5 Å². The molecular formula is C27H35N5O8. The molecule has 5 atom stereocenters. The van der Waals surface area contributed by atoms with Crippen LogP contribution in [0.25, 0.3) is 0 Å². The molecule has 2 aromatic carbocycles. The van der Waals surface area contributed by atoms with Gasteiger partial charge in [0.05, 0.1) is 18.7 Å². The number of rotatable bonds is 14. The normalized spacial score (nSPS) is 14.5. The van der Waals surface area contributed by atoms with E-state index in [1.807, 2.05) is 0 Å². The number of phenolic OH excluding ortho intramolecular Hbond substituents is 1. The lowest BCUT2D eigenvalue weighted by Crippen LogP contribution is -2.58. The molecule has 216 valence electrons. The van der Waals surface area contributed by atoms with E-state index in [2.05, 4.69) is 21.3 Å². The van der Waals surface area contributed by atoms with Crippen molar-refractivity contribution < 1.29 is 39.3 Å². The number of aromatic hydroxyl groups is 1. The number of carbonyl (C=O) groups excluding carboxylic acids is 4. The van der Waals surface area contributed by atoms with E-state index in [4.69, 9.17) is 5.73 Å². The average molecular weight is 558 g/mol. The van der Waals surface area contributed by atoms with Crippen LogP contribution in [-0.4, -0.2) is 81.7 Å². The van der Waals surface area contributed by atoms with Crippen LogP contribution in [0.5, 0.6) is 5.75 Å². The van der Waals surface area contributed by atoms with Crippen molar-refractivity contribution in [3.63, 3.8) is 0 Å². The van der Waals surface area contributed by atoms with Crippen LogP contribution in [0.15, 0.2) is 54.6 Å². The molecule has 9 N–H and O–H groups in total. The number of aliphatic hydroxyl groups is 1. The summed E-state index contributed by atoms with van der Waals surface area (Å²) in [6.45, 7) is 2.13. The summed E-state index contributed by atoms with van der Waals surface area (Å²) in [4.78, 5) is 61.7. The molecule has 13 heteroatoms. The summed E-state index contributed by atoms with van der Waals surface area (Å²) in [6.07, 6.45) is -1.20. The number of phenols is 1. The zero-order chi connectivity index (χ0) is 29.8. The number of aliphatic hydroxyl groups excluding tert-OH is 1. The second-order valence-electron chi connectivity index (χ2n) is 9.30. The molecular weight excluding hydrogens is 522 g/mol. The summed E-state index contributed by atoms with van der Waals surface area (Å²) in [5.74, 6) is -4.21. The van der Waals surface area contributed by atoms with Crippen LogP contribution in [0.2, 0.25) is 0 Å². The molecule has 0 spiro atoms. The van der Waals surface area contributed by atoms with E-state index in [1.54, 1.807) is 42.5 Å². The molecule has 0 bridgehead atoms. The Bertz CT molecular complexity index is 1170. The lowest BCUT2D eigenvalue weighted by molar-refractivity contribution is -0.145. The average Bonchev–Trinajstić information content (AvgIpc) is 2.91. The number of carboxylic acid groups (broad SMARTS) is 1. The Balaban J connectivity index is 1.94. The fraction of sp³-hybridized carbons (Fsp3) is 0.370. The third-order valence-corrected chi connectivity index (χ3v) is 5.88. The van der Waals surface area contributed by atoms with E-state index in [1.165, 1.54) is 26.0 Å². The second kappa shape index (κ2) is 15.2. The summed E-state index contributed by atoms with van der Waals surface area (Å²) >= 11 is 0. The van der Waals surface area contributed by atoms with Crippen molar-refractivity contribution in [3.05, 3.63) is 65.7 Å². The molecule has 2 rings (SSSR count). The minimum atomic E-state index is -1.59. The van der Waals surface area contributed by atoms with Crippen molar-refractivity contribution in [1.29, 1.82) is 0 Å². The first-order valence-electron chi connectivity index (χ1n) is 12.5. The number of carbonyl (C=O) groups is 5. The van der Waals surface area contributed by atoms with Crippen LogP contribution in [-0.2, 0) is 36.8 Å². The number of nitrogens with one attached hydrogen (secondary N) is 4. The van der Waals surface area contributed by atoms with Gasteiger partial charge in [-0.2, -0.15) is 0 Å². The molecule has 0 fully saturated rings. The molecule has 0 aliphatic rings. The Kier molecular flexibility index (Phi) is 12.0. The quantitative estimate of drug-likeness (QED) is 0.136. The Morgan fingerprint density at radius 1 is 0.800 bits per heavy atom. The molecule has 0 saturated carbocycles. The molecule has 0 aliphatic heterocycles. The number of aliphatic carboxylic acids is 1. The second-order valence-corrected chi connectivity index (χ2v) is 9.30. The number of hydrogen-bond donors (Lipinski definition) is 8. The summed E-state index contributed by atoms with van der Waals surface area (Å²) in [7, 11) is 0. The molecule has 0 heterocycles. The van der Waals surface area contributed by atoms with Crippen molar-refractivity contribution >= 4 is 29.6 Å². The maximum Gasteiger partial charge on any atom is 0.328 e. The largest absolute Gasteiger partial charge is 0.508 e. The molecule has 0 aliphatic carbocycles. The zero-order valence-electron chi connectivity index (χ0n) is 22.2. The summed E-state index contributed by atoms with van der Waals surface area (Å²) in [5.41, 5.74) is 7.27. The lowest BCUT2D eigenvalue weighted by atomic mass is 10.0. The highest BCUT2D eigenvalue weighted by atomic mass is 16.4. The predicted octanol–water partition coefficient (Wildman–Crippen LogP) is -1.44. The molecule has 0 saturated heterocycles. The van der Waals surface area contributed by atoms with E-state index < -0.39 is 66.4 Å². The summed E-state index contributed by atoms with van der Waals surface area (Å²) in [6, 6.07) is 9.95. The predicted molar refractivity (Wildman–Crippen MR) is 144 cm³/mol. The number of carboxylic acids is 1. The van der Waals surface area contributed by atoms with Crippen LogP contribution >= 0.6 is 0 Å². The van der Waals surface area contributed by atoms with Crippen molar-refractivity contribution in [2.45, 2.75) is 57.0 Å². The summed E-state index contributed by atoms with van der Waals surface area (Å²) in [5, 5.41) is 37.9. The van der Waals surface area contributed by atoms with E-state index in [-0.39, 0.29) is 18.6 Å². The van der Waals surface area contributed by atoms with Crippen LogP contribution < -0.4 is 27.0 Å². The molecule has 13 nitrogen and oxygen atoms in total. The van der Waals surface area contributed by atoms with Crippen molar-refractivity contribution in [2.75, 3.05) is 6.54 Å². The summed E-state index contributed by atoms with van der Waals surface area (Å²) < 4.78 is 0. The zero-order valence-corrected chi connectivity index (χ0v) is 22.2. The standard InChI is InChI=1S/C27H35N5O8/c1-15(30-22(35)14-29-25(37)20(28)12-18-8-10-19(34)11-9-18)24(36)31-21(13-17-6-4-3-5-7-17)26(38)32-23(16(2)33)27(39)40/h3-11,15-16,20-21,23,33-34H,12-14,28H2,1-2H3,(H,29,37)(H,30,35)(H,31,36)(H,32,38)(H,39,40)/t15-,16+,20-,21-,23-/m0/s1. The van der Waals surface area contributed by atoms with Crippen molar-refractivity contribution in [1.82, 2.24) is 21.3 Å². The number of amides is 4. The van der Waals surface area contributed by atoms with Gasteiger partial charge in [0.15, 0.2) is 6.04 Å². The Morgan fingerprint density at radius 3 is 1.98 bits per heavy atom. The molecule has 0 unspecified atom stereocenters. The van der Waals surface area contributed by atoms with E-state index in [0.717, 1.165) is 0 Å². The van der Waals surface area contributed by atoms with Gasteiger partial charge in [0.1, 0.15) is 17.8 Å². The van der Waals surface area contributed by atoms with Gasteiger partial charge >= 0.3 is 5.97 Å².